The van der Waals surface area contributed by atoms with Crippen molar-refractivity contribution in [3.8, 4) is 0 Å². The van der Waals surface area contributed by atoms with Crippen LogP contribution >= 0.6 is 0 Å². The molecule has 4 rings (SSSR count). The van der Waals surface area contributed by atoms with E-state index in [0.717, 1.165) is 30.6 Å². The predicted molar refractivity (Wildman–Crippen MR) is 90.9 cm³/mol. The Morgan fingerprint density at radius 2 is 1.77 bits per heavy atom. The van der Waals surface area contributed by atoms with Crippen LogP contribution in [-0.2, 0) is 0 Å². The smallest absolute Gasteiger partial charge is 0.0180 e. The standard InChI is InChI=1S/C19H29N3/c20-15-10-11-22(13-15)17-8-6-16(7-9-17)21-19-12-18(19)14-4-2-1-3-5-14/h1-5,15-19,21H,6-13,20H2/t15-,16?,17?,18+,19-/m1/s1. The normalized spacial score (nSPS) is 39.0. The van der Waals surface area contributed by atoms with Gasteiger partial charge < -0.3 is 11.1 Å². The Labute approximate surface area is 134 Å². The van der Waals surface area contributed by atoms with Crippen LogP contribution in [-0.4, -0.2) is 42.2 Å². The summed E-state index contributed by atoms with van der Waals surface area (Å²) in [5.41, 5.74) is 7.56. The number of hydrogen-bond acceptors (Lipinski definition) is 3. The van der Waals surface area contributed by atoms with Crippen molar-refractivity contribution in [2.75, 3.05) is 13.1 Å². The van der Waals surface area contributed by atoms with Gasteiger partial charge in [0.1, 0.15) is 0 Å². The van der Waals surface area contributed by atoms with Gasteiger partial charge in [-0.25, -0.2) is 0 Å². The van der Waals surface area contributed by atoms with Gasteiger partial charge in [0.05, 0.1) is 0 Å². The van der Waals surface area contributed by atoms with Gasteiger partial charge in [0.25, 0.3) is 0 Å². The first-order valence-electron chi connectivity index (χ1n) is 9.10. The summed E-state index contributed by atoms with van der Waals surface area (Å²) in [7, 11) is 0. The number of likely N-dealkylation sites (tertiary alicyclic amines) is 1. The minimum absolute atomic E-state index is 0.425. The van der Waals surface area contributed by atoms with E-state index in [2.05, 4.69) is 40.5 Å². The van der Waals surface area contributed by atoms with E-state index in [1.807, 2.05) is 0 Å². The number of nitrogens with two attached hydrogens (primary N) is 1. The van der Waals surface area contributed by atoms with Gasteiger partial charge in [0, 0.05) is 43.2 Å². The fraction of sp³-hybridized carbons (Fsp3) is 0.684. The third-order valence-corrected chi connectivity index (χ3v) is 5.94. The molecule has 0 spiro atoms. The summed E-state index contributed by atoms with van der Waals surface area (Å²) in [6.07, 6.45) is 7.91. The van der Waals surface area contributed by atoms with Gasteiger partial charge >= 0.3 is 0 Å². The van der Waals surface area contributed by atoms with Crippen LogP contribution in [0.4, 0.5) is 0 Å². The number of rotatable bonds is 4. The molecule has 1 saturated heterocycles. The van der Waals surface area contributed by atoms with Gasteiger partial charge in [-0.05, 0) is 44.1 Å². The Bertz CT molecular complexity index is 481. The van der Waals surface area contributed by atoms with Crippen molar-refractivity contribution in [2.45, 2.75) is 68.6 Å². The molecule has 0 aromatic heterocycles. The average molecular weight is 299 g/mol. The Kier molecular flexibility index (Phi) is 4.21. The predicted octanol–water partition coefficient (Wildman–Crippen LogP) is 2.48. The Hall–Kier alpha value is -0.900. The van der Waals surface area contributed by atoms with E-state index >= 15 is 0 Å². The van der Waals surface area contributed by atoms with E-state index in [4.69, 9.17) is 5.73 Å². The van der Waals surface area contributed by atoms with Crippen molar-refractivity contribution in [3.05, 3.63) is 35.9 Å². The first kappa shape index (κ1) is 14.7. The monoisotopic (exact) mass is 299 g/mol. The lowest BCUT2D eigenvalue weighted by atomic mass is 9.90. The molecule has 1 heterocycles. The quantitative estimate of drug-likeness (QED) is 0.897. The van der Waals surface area contributed by atoms with Crippen LogP contribution < -0.4 is 11.1 Å². The summed E-state index contributed by atoms with van der Waals surface area (Å²) in [4.78, 5) is 2.64. The van der Waals surface area contributed by atoms with E-state index in [9.17, 15) is 0 Å². The summed E-state index contributed by atoms with van der Waals surface area (Å²) >= 11 is 0. The van der Waals surface area contributed by atoms with Crippen LogP contribution in [0.15, 0.2) is 30.3 Å². The fourth-order valence-corrected chi connectivity index (χ4v) is 4.51. The van der Waals surface area contributed by atoms with Crippen LogP contribution in [0.3, 0.4) is 0 Å². The highest BCUT2D eigenvalue weighted by Crippen LogP contribution is 2.41. The first-order chi connectivity index (χ1) is 10.8. The van der Waals surface area contributed by atoms with Crippen molar-refractivity contribution in [1.82, 2.24) is 10.2 Å². The van der Waals surface area contributed by atoms with Gasteiger partial charge in [-0.2, -0.15) is 0 Å². The minimum Gasteiger partial charge on any atom is -0.326 e. The minimum atomic E-state index is 0.425. The van der Waals surface area contributed by atoms with Gasteiger partial charge in [0.2, 0.25) is 0 Å². The second kappa shape index (κ2) is 6.31. The maximum Gasteiger partial charge on any atom is 0.0180 e. The van der Waals surface area contributed by atoms with Gasteiger partial charge in [-0.15, -0.1) is 0 Å². The van der Waals surface area contributed by atoms with Crippen molar-refractivity contribution in [1.29, 1.82) is 0 Å². The number of nitrogens with one attached hydrogen (secondary N) is 1. The van der Waals surface area contributed by atoms with E-state index in [1.54, 1.807) is 0 Å². The zero-order valence-electron chi connectivity index (χ0n) is 13.5. The van der Waals surface area contributed by atoms with Gasteiger partial charge in [0.15, 0.2) is 0 Å². The lowest BCUT2D eigenvalue weighted by Gasteiger charge is -2.35. The molecule has 0 radical (unpaired) electrons. The zero-order valence-corrected chi connectivity index (χ0v) is 13.5. The molecule has 3 atom stereocenters. The van der Waals surface area contributed by atoms with Crippen LogP contribution in [0.25, 0.3) is 0 Å². The number of hydrogen-bond donors (Lipinski definition) is 2. The molecule has 0 amide bonds. The van der Waals surface area contributed by atoms with Crippen LogP contribution in [0, 0.1) is 0 Å². The number of nitrogens with zero attached hydrogens (tertiary/aromatic N) is 1. The topological polar surface area (TPSA) is 41.3 Å². The molecule has 120 valence electrons. The second-order valence-electron chi connectivity index (χ2n) is 7.58. The highest BCUT2D eigenvalue weighted by atomic mass is 15.2. The molecule has 2 aliphatic carbocycles. The average Bonchev–Trinajstić information content (AvgIpc) is 3.19. The largest absolute Gasteiger partial charge is 0.326 e. The molecule has 2 saturated carbocycles. The van der Waals surface area contributed by atoms with E-state index in [0.29, 0.717) is 6.04 Å². The summed E-state index contributed by atoms with van der Waals surface area (Å²) in [6.45, 7) is 2.35. The summed E-state index contributed by atoms with van der Waals surface area (Å²) in [5, 5.41) is 3.92. The highest BCUT2D eigenvalue weighted by molar-refractivity contribution is 5.27. The molecule has 0 bridgehead atoms. The maximum absolute atomic E-state index is 6.05. The lowest BCUT2D eigenvalue weighted by molar-refractivity contribution is 0.171. The fourth-order valence-electron chi connectivity index (χ4n) is 4.51. The Balaban J connectivity index is 1.22. The first-order valence-corrected chi connectivity index (χ1v) is 9.10. The van der Waals surface area contributed by atoms with Crippen molar-refractivity contribution in [3.63, 3.8) is 0 Å². The van der Waals surface area contributed by atoms with Crippen molar-refractivity contribution >= 4 is 0 Å². The van der Waals surface area contributed by atoms with E-state index < -0.39 is 0 Å². The van der Waals surface area contributed by atoms with Crippen LogP contribution in [0.2, 0.25) is 0 Å². The van der Waals surface area contributed by atoms with E-state index in [-0.39, 0.29) is 0 Å². The summed E-state index contributed by atoms with van der Waals surface area (Å²) in [5.74, 6) is 0.760. The Morgan fingerprint density at radius 3 is 2.45 bits per heavy atom. The lowest BCUT2D eigenvalue weighted by Crippen LogP contribution is -2.43. The molecular formula is C19H29N3. The molecule has 3 N–H and O–H groups in total. The molecule has 1 aromatic rings. The third kappa shape index (κ3) is 3.22. The number of benzene rings is 1. The third-order valence-electron chi connectivity index (χ3n) is 5.94. The molecule has 1 aliphatic heterocycles. The summed E-state index contributed by atoms with van der Waals surface area (Å²) in [6, 6.07) is 13.7. The molecule has 1 aromatic carbocycles. The van der Waals surface area contributed by atoms with Crippen molar-refractivity contribution < 1.29 is 0 Å². The molecule has 3 fully saturated rings. The second-order valence-corrected chi connectivity index (χ2v) is 7.58. The van der Waals surface area contributed by atoms with Crippen molar-refractivity contribution in [2.24, 2.45) is 5.73 Å². The Morgan fingerprint density at radius 1 is 1.00 bits per heavy atom. The van der Waals surface area contributed by atoms with E-state index in [1.165, 1.54) is 50.6 Å². The van der Waals surface area contributed by atoms with Gasteiger partial charge in [-0.1, -0.05) is 30.3 Å². The molecular weight excluding hydrogens is 270 g/mol. The van der Waals surface area contributed by atoms with Crippen LogP contribution in [0.1, 0.15) is 50.0 Å². The molecule has 3 aliphatic rings. The molecule has 22 heavy (non-hydrogen) atoms. The van der Waals surface area contributed by atoms with Gasteiger partial charge in [-0.3, -0.25) is 4.90 Å². The maximum atomic E-state index is 6.05. The highest BCUT2D eigenvalue weighted by Gasteiger charge is 2.40. The SMILES string of the molecule is N[C@@H]1CCN(C2CCC(N[C@@H]3C[C@H]3c3ccccc3)CC2)C1. The molecule has 3 nitrogen and oxygen atoms in total. The zero-order chi connectivity index (χ0) is 14.9. The molecule has 0 unspecified atom stereocenters. The van der Waals surface area contributed by atoms with Crippen LogP contribution in [0.5, 0.6) is 0 Å². The summed E-state index contributed by atoms with van der Waals surface area (Å²) < 4.78 is 0. The molecule has 3 heteroatoms.